The summed E-state index contributed by atoms with van der Waals surface area (Å²) in [5.41, 5.74) is 2.74. The Labute approximate surface area is 254 Å². The molecule has 1 saturated carbocycles. The molecule has 2 aliphatic rings. The van der Waals surface area contributed by atoms with Gasteiger partial charge in [0.05, 0.1) is 32.3 Å². The number of rotatable bonds is 8. The van der Waals surface area contributed by atoms with Gasteiger partial charge < -0.3 is 19.6 Å². The number of fused-ring (bicyclic) bond motifs is 1. The summed E-state index contributed by atoms with van der Waals surface area (Å²) in [5.74, 6) is 5.20. The third-order valence-electron chi connectivity index (χ3n) is 7.99. The Hall–Kier alpha value is -2.61. The van der Waals surface area contributed by atoms with E-state index in [1.807, 2.05) is 28.7 Å². The van der Waals surface area contributed by atoms with Gasteiger partial charge in [0, 0.05) is 24.5 Å². The molecule has 5 rings (SSSR count). The minimum Gasteiger partial charge on any atom is -0.389 e. The molecule has 1 aliphatic carbocycles. The summed E-state index contributed by atoms with van der Waals surface area (Å²) in [5, 5.41) is 14.9. The number of aryl methyl sites for hydroxylation is 1. The molecule has 2 aromatic heterocycles. The van der Waals surface area contributed by atoms with Gasteiger partial charge in [-0.1, -0.05) is 6.07 Å². The van der Waals surface area contributed by atoms with Gasteiger partial charge in [-0.25, -0.2) is 20.2 Å². The Morgan fingerprint density at radius 3 is 2.51 bits per heavy atom. The van der Waals surface area contributed by atoms with E-state index in [0.29, 0.717) is 20.9 Å². The van der Waals surface area contributed by atoms with Crippen LogP contribution in [-0.4, -0.2) is 67.2 Å². The van der Waals surface area contributed by atoms with Gasteiger partial charge >= 0.3 is 0 Å². The molecule has 0 radical (unpaired) electrons. The van der Waals surface area contributed by atoms with E-state index in [0.717, 1.165) is 43.0 Å². The summed E-state index contributed by atoms with van der Waals surface area (Å²) in [6.45, 7) is 9.32. The number of nitrogens with two attached hydrogens (primary N) is 1. The number of benzene rings is 1. The Kier molecular flexibility index (Phi) is 8.44. The predicted octanol–water partition coefficient (Wildman–Crippen LogP) is 5.17. The number of aromatic nitrogens is 3. The van der Waals surface area contributed by atoms with Crippen molar-refractivity contribution in [2.75, 3.05) is 25.5 Å². The van der Waals surface area contributed by atoms with E-state index in [1.54, 1.807) is 39.3 Å². The number of imidazole rings is 1. The molecule has 4 N–H and O–H groups in total. The lowest BCUT2D eigenvalue weighted by Crippen LogP contribution is -2.34. The second-order valence-electron chi connectivity index (χ2n) is 12.1. The SMILES string of the molecule is C/C(=C(/I)c1nc(C)cc(C(=O)Nc2nc3cc(C4CCN(C5CC5)CC4)ccc3n2CC(C)(C)O)c1F)N(C)N. The highest BCUT2D eigenvalue weighted by Gasteiger charge is 2.32. The number of piperidine rings is 1. The van der Waals surface area contributed by atoms with Crippen LogP contribution in [0.25, 0.3) is 14.6 Å². The number of hydrogen-bond acceptors (Lipinski definition) is 7. The Morgan fingerprint density at radius 1 is 1.22 bits per heavy atom. The van der Waals surface area contributed by atoms with Crippen molar-refractivity contribution in [1.29, 1.82) is 0 Å². The van der Waals surface area contributed by atoms with Crippen LogP contribution < -0.4 is 11.2 Å². The van der Waals surface area contributed by atoms with Crippen molar-refractivity contribution in [3.8, 4) is 0 Å². The minimum absolute atomic E-state index is 0.0629. The standard InChI is InChI=1S/C30H39FIN7O2/c1-17-14-22(25(31)27(34-17)26(32)18(2)37(5)33)28(40)36-29-35-23-15-20(6-9-24(23)39(29)16-30(3,4)41)19-10-12-38(13-11-19)21-7-8-21/h6,9,14-15,19,21,41H,7-8,10-13,16,33H2,1-5H3,(H,35,36,40)/b26-18-. The number of nitrogens with one attached hydrogen (secondary N) is 1. The average molecular weight is 676 g/mol. The topological polar surface area (TPSA) is 113 Å². The van der Waals surface area contributed by atoms with E-state index in [-0.39, 0.29) is 23.8 Å². The van der Waals surface area contributed by atoms with Crippen LogP contribution in [0.3, 0.4) is 0 Å². The monoisotopic (exact) mass is 675 g/mol. The van der Waals surface area contributed by atoms with Crippen LogP contribution in [-0.2, 0) is 6.54 Å². The largest absolute Gasteiger partial charge is 0.389 e. The van der Waals surface area contributed by atoms with E-state index < -0.39 is 17.3 Å². The molecule has 9 nitrogen and oxygen atoms in total. The summed E-state index contributed by atoms with van der Waals surface area (Å²) < 4.78 is 18.0. The number of carbonyl (C=O) groups is 1. The zero-order valence-electron chi connectivity index (χ0n) is 24.3. The Balaban J connectivity index is 1.47. The van der Waals surface area contributed by atoms with E-state index in [2.05, 4.69) is 27.3 Å². The van der Waals surface area contributed by atoms with Crippen LogP contribution in [0.15, 0.2) is 30.0 Å². The molecule has 0 bridgehead atoms. The maximum atomic E-state index is 15.7. The first-order valence-electron chi connectivity index (χ1n) is 14.1. The molecule has 0 unspecified atom stereocenters. The summed E-state index contributed by atoms with van der Waals surface area (Å²) in [4.78, 5) is 25.2. The summed E-state index contributed by atoms with van der Waals surface area (Å²) in [7, 11) is 1.66. The number of likely N-dealkylation sites (tertiary alicyclic amines) is 1. The highest BCUT2D eigenvalue weighted by molar-refractivity contribution is 14.1. The number of hydrazine groups is 1. The molecule has 1 amide bonds. The first-order valence-corrected chi connectivity index (χ1v) is 15.2. The number of allylic oxidation sites excluding steroid dienone is 1. The predicted molar refractivity (Wildman–Crippen MR) is 168 cm³/mol. The van der Waals surface area contributed by atoms with E-state index >= 15 is 4.39 Å². The molecule has 1 aromatic carbocycles. The molecule has 1 aliphatic heterocycles. The first kappa shape index (κ1) is 29.9. The van der Waals surface area contributed by atoms with Gasteiger partial charge in [0.25, 0.3) is 5.91 Å². The molecule has 220 valence electrons. The van der Waals surface area contributed by atoms with E-state index in [1.165, 1.54) is 29.5 Å². The van der Waals surface area contributed by atoms with Crippen molar-refractivity contribution in [1.82, 2.24) is 24.4 Å². The van der Waals surface area contributed by atoms with Crippen molar-refractivity contribution in [3.63, 3.8) is 0 Å². The molecule has 1 saturated heterocycles. The normalized spacial score (nSPS) is 17.6. The highest BCUT2D eigenvalue weighted by atomic mass is 127. The summed E-state index contributed by atoms with van der Waals surface area (Å²) in [6, 6.07) is 8.46. The van der Waals surface area contributed by atoms with Crippen LogP contribution in [0.2, 0.25) is 0 Å². The van der Waals surface area contributed by atoms with Crippen molar-refractivity contribution in [2.45, 2.75) is 77.5 Å². The van der Waals surface area contributed by atoms with Gasteiger partial charge in [0.1, 0.15) is 5.69 Å². The smallest absolute Gasteiger partial charge is 0.261 e. The van der Waals surface area contributed by atoms with E-state index in [4.69, 9.17) is 10.8 Å². The lowest BCUT2D eigenvalue weighted by molar-refractivity contribution is 0.0630. The zero-order valence-corrected chi connectivity index (χ0v) is 26.5. The zero-order chi connectivity index (χ0) is 29.6. The highest BCUT2D eigenvalue weighted by Crippen LogP contribution is 2.36. The van der Waals surface area contributed by atoms with Crippen LogP contribution in [0, 0.1) is 12.7 Å². The number of nitrogens with zero attached hydrogens (tertiary/aromatic N) is 5. The van der Waals surface area contributed by atoms with Crippen LogP contribution in [0.1, 0.15) is 79.7 Å². The quantitative estimate of drug-likeness (QED) is 0.172. The Morgan fingerprint density at radius 2 is 1.90 bits per heavy atom. The molecule has 0 spiro atoms. The van der Waals surface area contributed by atoms with Gasteiger partial charge in [-0.05, 0) is 119 Å². The fraction of sp³-hybridized carbons (Fsp3) is 0.500. The molecular weight excluding hydrogens is 636 g/mol. The molecule has 3 heterocycles. The fourth-order valence-electron chi connectivity index (χ4n) is 5.54. The summed E-state index contributed by atoms with van der Waals surface area (Å²) in [6.07, 6.45) is 4.89. The third-order valence-corrected chi connectivity index (χ3v) is 9.28. The first-order chi connectivity index (χ1) is 19.3. The maximum absolute atomic E-state index is 15.7. The maximum Gasteiger partial charge on any atom is 0.261 e. The van der Waals surface area contributed by atoms with Crippen molar-refractivity contribution >= 4 is 49.1 Å². The van der Waals surface area contributed by atoms with Gasteiger partial charge in [0.2, 0.25) is 5.95 Å². The van der Waals surface area contributed by atoms with Crippen LogP contribution >= 0.6 is 22.6 Å². The second-order valence-corrected chi connectivity index (χ2v) is 13.1. The van der Waals surface area contributed by atoms with Crippen molar-refractivity contribution in [3.05, 3.63) is 58.3 Å². The Bertz CT molecular complexity index is 1500. The number of hydrogen-bond donors (Lipinski definition) is 3. The third kappa shape index (κ3) is 6.58. The molecule has 3 aromatic rings. The molecular formula is C30H39FIN7O2. The number of aliphatic hydroxyl groups is 1. The molecule has 2 fully saturated rings. The number of amides is 1. The van der Waals surface area contributed by atoms with Crippen molar-refractivity contribution in [2.24, 2.45) is 5.84 Å². The lowest BCUT2D eigenvalue weighted by Gasteiger charge is -2.32. The van der Waals surface area contributed by atoms with Gasteiger partial charge in [-0.2, -0.15) is 0 Å². The fourth-order valence-corrected chi connectivity index (χ4v) is 6.28. The minimum atomic E-state index is -1.07. The number of halogens is 2. The van der Waals surface area contributed by atoms with Gasteiger partial charge in [-0.3, -0.25) is 10.1 Å². The van der Waals surface area contributed by atoms with Gasteiger partial charge in [-0.15, -0.1) is 0 Å². The number of anilines is 1. The number of pyridine rings is 1. The summed E-state index contributed by atoms with van der Waals surface area (Å²) >= 11 is 1.99. The van der Waals surface area contributed by atoms with Gasteiger partial charge in [0.15, 0.2) is 5.82 Å². The van der Waals surface area contributed by atoms with Crippen LogP contribution in [0.5, 0.6) is 0 Å². The van der Waals surface area contributed by atoms with Crippen LogP contribution in [0.4, 0.5) is 10.3 Å². The number of carbonyl (C=O) groups excluding carboxylic acids is 1. The average Bonchev–Trinajstić information content (AvgIpc) is 3.72. The molecule has 0 atom stereocenters. The van der Waals surface area contributed by atoms with Crippen molar-refractivity contribution < 1.29 is 14.3 Å². The van der Waals surface area contributed by atoms with E-state index in [9.17, 15) is 9.90 Å². The molecule has 41 heavy (non-hydrogen) atoms. The second kappa shape index (κ2) is 11.6. The molecule has 11 heteroatoms. The lowest BCUT2D eigenvalue weighted by atomic mass is 9.89.